The lowest BCUT2D eigenvalue weighted by Gasteiger charge is -2.13. The minimum absolute atomic E-state index is 0.140. The molecule has 120 valence electrons. The van der Waals surface area contributed by atoms with Gasteiger partial charge in [-0.05, 0) is 5.56 Å². The van der Waals surface area contributed by atoms with Crippen LogP contribution in [0.15, 0.2) is 57.8 Å². The van der Waals surface area contributed by atoms with Crippen molar-refractivity contribution >= 4 is 5.88 Å². The van der Waals surface area contributed by atoms with Gasteiger partial charge in [0.2, 0.25) is 5.88 Å². The zero-order valence-electron chi connectivity index (χ0n) is 12.2. The van der Waals surface area contributed by atoms with Crippen LogP contribution in [0.2, 0.25) is 0 Å². The zero-order valence-corrected chi connectivity index (χ0v) is 12.2. The Labute approximate surface area is 131 Å². The number of hydrogen-bond donors (Lipinski definition) is 3. The van der Waals surface area contributed by atoms with E-state index in [1.54, 1.807) is 0 Å². The zero-order chi connectivity index (χ0) is 16.4. The van der Waals surface area contributed by atoms with Gasteiger partial charge in [-0.1, -0.05) is 30.3 Å². The van der Waals surface area contributed by atoms with E-state index in [9.17, 15) is 19.8 Å². The second kappa shape index (κ2) is 6.23. The summed E-state index contributed by atoms with van der Waals surface area (Å²) in [6, 6.07) is 10.6. The Bertz CT molecular complexity index is 837. The number of aliphatic hydroxyl groups excluding tert-OH is 2. The highest BCUT2D eigenvalue weighted by Gasteiger charge is 2.36. The Balaban J connectivity index is 2.07. The van der Waals surface area contributed by atoms with Crippen LogP contribution in [0.3, 0.4) is 0 Å². The van der Waals surface area contributed by atoms with E-state index in [1.165, 1.54) is 12.3 Å². The van der Waals surface area contributed by atoms with Gasteiger partial charge in [-0.15, -0.1) is 0 Å². The Kier molecular flexibility index (Phi) is 4.14. The molecule has 1 aliphatic rings. The first kappa shape index (κ1) is 15.3. The number of nitrogens with zero attached hydrogens (tertiary/aromatic N) is 1. The van der Waals surface area contributed by atoms with Crippen LogP contribution in [-0.4, -0.2) is 38.6 Å². The first-order valence-corrected chi connectivity index (χ1v) is 7.15. The number of aliphatic hydroxyl groups is 2. The van der Waals surface area contributed by atoms with E-state index in [1.807, 2.05) is 30.3 Å². The molecule has 0 amide bonds. The fourth-order valence-electron chi connectivity index (χ4n) is 2.56. The summed E-state index contributed by atoms with van der Waals surface area (Å²) >= 11 is 0. The van der Waals surface area contributed by atoms with Gasteiger partial charge in [0.25, 0.3) is 5.56 Å². The van der Waals surface area contributed by atoms with Crippen molar-refractivity contribution < 1.29 is 14.9 Å². The topological polar surface area (TPSA) is 105 Å². The molecule has 7 heteroatoms. The van der Waals surface area contributed by atoms with Crippen molar-refractivity contribution in [1.29, 1.82) is 0 Å². The van der Waals surface area contributed by atoms with Gasteiger partial charge in [0, 0.05) is 24.3 Å². The number of hydrogen-bond acceptors (Lipinski definition) is 5. The van der Waals surface area contributed by atoms with Crippen molar-refractivity contribution in [3.05, 3.63) is 74.6 Å². The normalized spacial score (nSPS) is 20.6. The molecule has 2 aromatic rings. The summed E-state index contributed by atoms with van der Waals surface area (Å²) in [4.78, 5) is 25.3. The number of H-pyrrole nitrogens is 1. The minimum atomic E-state index is -1.03. The molecular weight excluding hydrogens is 300 g/mol. The van der Waals surface area contributed by atoms with Crippen molar-refractivity contribution in [1.82, 2.24) is 9.55 Å². The molecule has 7 nitrogen and oxygen atoms in total. The highest BCUT2D eigenvalue weighted by molar-refractivity contribution is 5.51. The van der Waals surface area contributed by atoms with Crippen molar-refractivity contribution in [3.63, 3.8) is 0 Å². The molecular formula is C16H16N2O5. The molecule has 0 aliphatic carbocycles. The summed E-state index contributed by atoms with van der Waals surface area (Å²) in [5, 5.41) is 19.7. The van der Waals surface area contributed by atoms with Crippen molar-refractivity contribution in [2.24, 2.45) is 0 Å². The third kappa shape index (κ3) is 2.96. The number of nitrogens with one attached hydrogen (secondary N) is 1. The molecule has 0 saturated heterocycles. The largest absolute Gasteiger partial charge is 0.470 e. The maximum absolute atomic E-state index is 12.0. The SMILES string of the molecule is O=c1ccn(C2=C(Cc3ccccc3)[C@H](O)[C@@H](CO)O2)c(=O)[nH]1. The molecule has 3 rings (SSSR count). The van der Waals surface area contributed by atoms with E-state index in [-0.39, 0.29) is 12.5 Å². The molecule has 0 fully saturated rings. The van der Waals surface area contributed by atoms with Crippen molar-refractivity contribution in [2.45, 2.75) is 18.6 Å². The summed E-state index contributed by atoms with van der Waals surface area (Å²) in [5.41, 5.74) is 0.223. The lowest BCUT2D eigenvalue weighted by molar-refractivity contribution is 0.0224. The van der Waals surface area contributed by atoms with Gasteiger partial charge in [-0.3, -0.25) is 9.78 Å². The summed E-state index contributed by atoms with van der Waals surface area (Å²) in [5.74, 6) is 0.140. The van der Waals surface area contributed by atoms with Crippen LogP contribution in [0, 0.1) is 0 Å². The van der Waals surface area contributed by atoms with Gasteiger partial charge in [0.05, 0.1) is 6.61 Å². The van der Waals surface area contributed by atoms with E-state index in [0.29, 0.717) is 12.0 Å². The molecule has 0 saturated carbocycles. The summed E-state index contributed by atoms with van der Waals surface area (Å²) in [7, 11) is 0. The molecule has 1 aromatic heterocycles. The monoisotopic (exact) mass is 316 g/mol. The van der Waals surface area contributed by atoms with Crippen LogP contribution in [0.5, 0.6) is 0 Å². The van der Waals surface area contributed by atoms with Crippen LogP contribution in [0.4, 0.5) is 0 Å². The molecule has 0 bridgehead atoms. The minimum Gasteiger partial charge on any atom is -0.470 e. The van der Waals surface area contributed by atoms with Gasteiger partial charge in [0.15, 0.2) is 6.10 Å². The molecule has 0 spiro atoms. The number of aromatic amines is 1. The number of aromatic nitrogens is 2. The van der Waals surface area contributed by atoms with Crippen molar-refractivity contribution in [2.75, 3.05) is 6.61 Å². The smallest absolute Gasteiger partial charge is 0.335 e. The second-order valence-electron chi connectivity index (χ2n) is 5.26. The number of rotatable bonds is 4. The molecule has 1 aliphatic heterocycles. The Hall–Kier alpha value is -2.64. The highest BCUT2D eigenvalue weighted by Crippen LogP contribution is 2.30. The van der Waals surface area contributed by atoms with Crippen LogP contribution in [0.25, 0.3) is 5.88 Å². The van der Waals surface area contributed by atoms with Crippen LogP contribution < -0.4 is 11.2 Å². The van der Waals surface area contributed by atoms with E-state index in [0.717, 1.165) is 10.1 Å². The van der Waals surface area contributed by atoms with Gasteiger partial charge in [-0.25, -0.2) is 9.36 Å². The summed E-state index contributed by atoms with van der Waals surface area (Å²) < 4.78 is 6.66. The average Bonchev–Trinajstić information content (AvgIpc) is 2.85. The molecule has 3 N–H and O–H groups in total. The van der Waals surface area contributed by atoms with Crippen LogP contribution >= 0.6 is 0 Å². The first-order valence-electron chi connectivity index (χ1n) is 7.15. The van der Waals surface area contributed by atoms with E-state index >= 15 is 0 Å². The van der Waals surface area contributed by atoms with Gasteiger partial charge >= 0.3 is 5.69 Å². The lowest BCUT2D eigenvalue weighted by Crippen LogP contribution is -2.29. The number of benzene rings is 1. The molecule has 2 heterocycles. The van der Waals surface area contributed by atoms with E-state index < -0.39 is 23.5 Å². The van der Waals surface area contributed by atoms with E-state index in [4.69, 9.17) is 4.74 Å². The Morgan fingerprint density at radius 1 is 1.17 bits per heavy atom. The second-order valence-corrected chi connectivity index (χ2v) is 5.26. The fourth-order valence-corrected chi connectivity index (χ4v) is 2.56. The first-order chi connectivity index (χ1) is 11.1. The molecule has 1 aromatic carbocycles. The maximum atomic E-state index is 12.0. The molecule has 0 unspecified atom stereocenters. The van der Waals surface area contributed by atoms with Crippen LogP contribution in [0.1, 0.15) is 5.56 Å². The average molecular weight is 316 g/mol. The Morgan fingerprint density at radius 3 is 2.57 bits per heavy atom. The van der Waals surface area contributed by atoms with E-state index in [2.05, 4.69) is 4.98 Å². The predicted octanol–water partition coefficient (Wildman–Crippen LogP) is -0.300. The van der Waals surface area contributed by atoms with Gasteiger partial charge in [0.1, 0.15) is 6.10 Å². The third-order valence-corrected chi connectivity index (χ3v) is 3.71. The number of ether oxygens (including phenoxy) is 1. The van der Waals surface area contributed by atoms with Crippen molar-refractivity contribution in [3.8, 4) is 0 Å². The third-order valence-electron chi connectivity index (χ3n) is 3.71. The maximum Gasteiger partial charge on any atom is 0.335 e. The molecule has 2 atom stereocenters. The summed E-state index contributed by atoms with van der Waals surface area (Å²) in [6.45, 7) is -0.388. The van der Waals surface area contributed by atoms with Crippen LogP contribution in [-0.2, 0) is 11.2 Å². The lowest BCUT2D eigenvalue weighted by atomic mass is 9.99. The quantitative estimate of drug-likeness (QED) is 0.718. The predicted molar refractivity (Wildman–Crippen MR) is 82.7 cm³/mol. The standard InChI is InChI=1S/C16H16N2O5/c19-9-12-14(21)11(8-10-4-2-1-3-5-10)15(23-12)18-7-6-13(20)17-16(18)22/h1-7,12,14,19,21H,8-9H2,(H,17,20,22)/t12-,14+/m1/s1. The molecule has 0 radical (unpaired) electrons. The molecule has 23 heavy (non-hydrogen) atoms. The fraction of sp³-hybridized carbons (Fsp3) is 0.250. The van der Waals surface area contributed by atoms with Gasteiger partial charge in [-0.2, -0.15) is 0 Å². The summed E-state index contributed by atoms with van der Waals surface area (Å²) in [6.07, 6.45) is -0.232. The van der Waals surface area contributed by atoms with Gasteiger partial charge < -0.3 is 14.9 Å². The highest BCUT2D eigenvalue weighted by atomic mass is 16.5. The Morgan fingerprint density at radius 2 is 1.91 bits per heavy atom.